The van der Waals surface area contributed by atoms with Gasteiger partial charge in [0.05, 0.1) is 12.3 Å². The molecule has 0 aliphatic carbocycles. The molecule has 0 N–H and O–H groups in total. The highest BCUT2D eigenvalue weighted by atomic mass is 32.1. The summed E-state index contributed by atoms with van der Waals surface area (Å²) in [6.45, 7) is 4.89. The molecule has 0 saturated heterocycles. The van der Waals surface area contributed by atoms with Gasteiger partial charge in [-0.25, -0.2) is 0 Å². The number of hydrogen-bond acceptors (Lipinski definition) is 3. The highest BCUT2D eigenvalue weighted by Gasteiger charge is 2.06. The monoisotopic (exact) mass is 323 g/mol. The second-order valence-corrected chi connectivity index (χ2v) is 7.01. The third kappa shape index (κ3) is 3.87. The maximum atomic E-state index is 5.10. The number of benzene rings is 1. The average molecular weight is 323 g/mol. The van der Waals surface area contributed by atoms with Crippen LogP contribution in [0.3, 0.4) is 0 Å². The largest absolute Gasteiger partial charge is 0.378 e. The van der Waals surface area contributed by atoms with Crippen LogP contribution in [0.15, 0.2) is 48.7 Å². The minimum absolute atomic E-state index is 0.558. The van der Waals surface area contributed by atoms with Crippen molar-refractivity contribution in [3.05, 3.63) is 75.9 Å². The highest BCUT2D eigenvalue weighted by molar-refractivity contribution is 7.15. The third-order valence-electron chi connectivity index (χ3n) is 3.93. The predicted molar refractivity (Wildman–Crippen MR) is 97.0 cm³/mol. The van der Waals surface area contributed by atoms with Crippen LogP contribution >= 0.6 is 11.3 Å². The first-order valence-corrected chi connectivity index (χ1v) is 8.56. The van der Waals surface area contributed by atoms with Crippen molar-refractivity contribution in [2.24, 2.45) is 0 Å². The Morgan fingerprint density at radius 2 is 1.91 bits per heavy atom. The number of nitrogens with zero attached hydrogens (tertiary/aromatic N) is 1. The van der Waals surface area contributed by atoms with E-state index < -0.39 is 0 Å². The summed E-state index contributed by atoms with van der Waals surface area (Å²) < 4.78 is 5.10. The summed E-state index contributed by atoms with van der Waals surface area (Å²) in [6, 6.07) is 15.2. The van der Waals surface area contributed by atoms with Crippen molar-refractivity contribution in [1.29, 1.82) is 0 Å². The molecular weight excluding hydrogens is 302 g/mol. The molecule has 0 aliphatic heterocycles. The molecule has 0 unspecified atom stereocenters. The van der Waals surface area contributed by atoms with Crippen molar-refractivity contribution in [3.8, 4) is 10.4 Å². The normalized spacial score (nSPS) is 10.9. The summed E-state index contributed by atoms with van der Waals surface area (Å²) >= 11 is 1.84. The lowest BCUT2D eigenvalue weighted by Crippen LogP contribution is -1.91. The van der Waals surface area contributed by atoms with Gasteiger partial charge in [0.25, 0.3) is 0 Å². The Hall–Kier alpha value is -1.97. The molecule has 0 atom stereocenters. The minimum atomic E-state index is 0.558. The molecule has 0 saturated carbocycles. The van der Waals surface area contributed by atoms with Gasteiger partial charge < -0.3 is 4.74 Å². The lowest BCUT2D eigenvalue weighted by Gasteiger charge is -2.05. The van der Waals surface area contributed by atoms with E-state index in [0.29, 0.717) is 6.61 Å². The highest BCUT2D eigenvalue weighted by Crippen LogP contribution is 2.29. The van der Waals surface area contributed by atoms with Crippen LogP contribution in [0.4, 0.5) is 0 Å². The Morgan fingerprint density at radius 1 is 1.04 bits per heavy atom. The van der Waals surface area contributed by atoms with E-state index in [0.717, 1.165) is 12.1 Å². The molecule has 2 nitrogen and oxygen atoms in total. The second kappa shape index (κ2) is 7.07. The Morgan fingerprint density at radius 3 is 2.65 bits per heavy atom. The van der Waals surface area contributed by atoms with E-state index >= 15 is 0 Å². The van der Waals surface area contributed by atoms with Crippen molar-refractivity contribution < 1.29 is 4.74 Å². The molecular formula is C20H21NOS. The van der Waals surface area contributed by atoms with Gasteiger partial charge in [-0.15, -0.1) is 11.3 Å². The van der Waals surface area contributed by atoms with Crippen LogP contribution in [0, 0.1) is 13.8 Å². The molecule has 3 aromatic rings. The van der Waals surface area contributed by atoms with Crippen molar-refractivity contribution in [1.82, 2.24) is 4.98 Å². The maximum Gasteiger partial charge on any atom is 0.0884 e. The smallest absolute Gasteiger partial charge is 0.0884 e. The summed E-state index contributed by atoms with van der Waals surface area (Å²) in [5.41, 5.74) is 6.22. The standard InChI is InChI=1S/C20H21NOS/c1-14-4-5-15(2)17(10-14)11-19-8-9-20(23-19)16-6-7-18(13-22-3)21-12-16/h4-10,12H,11,13H2,1-3H3. The lowest BCUT2D eigenvalue weighted by molar-refractivity contribution is 0.181. The summed E-state index contributed by atoms with van der Waals surface area (Å²) in [6.07, 6.45) is 2.93. The van der Waals surface area contributed by atoms with Gasteiger partial charge in [-0.05, 0) is 43.2 Å². The molecule has 3 rings (SSSR count). The number of hydrogen-bond donors (Lipinski definition) is 0. The Bertz CT molecular complexity index is 790. The first kappa shape index (κ1) is 15.9. The van der Waals surface area contributed by atoms with Crippen molar-refractivity contribution >= 4 is 11.3 Å². The fraction of sp³-hybridized carbons (Fsp3) is 0.250. The van der Waals surface area contributed by atoms with Gasteiger partial charge in [0.2, 0.25) is 0 Å². The Kier molecular flexibility index (Phi) is 4.89. The lowest BCUT2D eigenvalue weighted by atomic mass is 10.0. The SMILES string of the molecule is COCc1ccc(-c2ccc(Cc3cc(C)ccc3C)s2)cn1. The van der Waals surface area contributed by atoms with Crippen molar-refractivity contribution in [3.63, 3.8) is 0 Å². The van der Waals surface area contributed by atoms with Crippen LogP contribution in [0.5, 0.6) is 0 Å². The molecule has 2 heterocycles. The fourth-order valence-electron chi connectivity index (χ4n) is 2.61. The topological polar surface area (TPSA) is 22.1 Å². The fourth-order valence-corrected chi connectivity index (χ4v) is 3.63. The predicted octanol–water partition coefficient (Wildman–Crippen LogP) is 5.16. The van der Waals surface area contributed by atoms with Crippen molar-refractivity contribution in [2.45, 2.75) is 26.9 Å². The first-order valence-electron chi connectivity index (χ1n) is 7.75. The van der Waals surface area contributed by atoms with Crippen LogP contribution in [0.25, 0.3) is 10.4 Å². The summed E-state index contributed by atoms with van der Waals surface area (Å²) in [7, 11) is 1.69. The van der Waals surface area contributed by atoms with Gasteiger partial charge in [0.15, 0.2) is 0 Å². The zero-order valence-corrected chi connectivity index (χ0v) is 14.6. The van der Waals surface area contributed by atoms with Gasteiger partial charge in [0, 0.05) is 35.0 Å². The van der Waals surface area contributed by atoms with Gasteiger partial charge in [0.1, 0.15) is 0 Å². The van der Waals surface area contributed by atoms with Gasteiger partial charge in [-0.2, -0.15) is 0 Å². The van der Waals surface area contributed by atoms with E-state index in [1.54, 1.807) is 7.11 Å². The number of aromatic nitrogens is 1. The van der Waals surface area contributed by atoms with Gasteiger partial charge in [-0.3, -0.25) is 4.98 Å². The summed E-state index contributed by atoms with van der Waals surface area (Å²) in [4.78, 5) is 7.09. The molecule has 0 amide bonds. The number of ether oxygens (including phenoxy) is 1. The van der Waals surface area contributed by atoms with Crippen LogP contribution < -0.4 is 0 Å². The van der Waals surface area contributed by atoms with Crippen molar-refractivity contribution in [2.75, 3.05) is 7.11 Å². The molecule has 118 valence electrons. The summed E-state index contributed by atoms with van der Waals surface area (Å²) in [5.74, 6) is 0. The average Bonchev–Trinajstić information content (AvgIpc) is 3.01. The molecule has 1 aromatic carbocycles. The van der Waals surface area contributed by atoms with Crippen LogP contribution in [-0.2, 0) is 17.8 Å². The molecule has 2 aromatic heterocycles. The zero-order valence-electron chi connectivity index (χ0n) is 13.8. The molecule has 0 spiro atoms. The Labute approximate surface area is 141 Å². The number of thiophene rings is 1. The molecule has 0 radical (unpaired) electrons. The third-order valence-corrected chi connectivity index (χ3v) is 5.07. The number of rotatable bonds is 5. The van der Waals surface area contributed by atoms with E-state index in [-0.39, 0.29) is 0 Å². The maximum absolute atomic E-state index is 5.10. The van der Waals surface area contributed by atoms with Gasteiger partial charge >= 0.3 is 0 Å². The van der Waals surface area contributed by atoms with E-state index in [4.69, 9.17) is 4.74 Å². The first-order chi connectivity index (χ1) is 11.2. The molecule has 3 heteroatoms. The van der Waals surface area contributed by atoms with Gasteiger partial charge in [-0.1, -0.05) is 29.8 Å². The van der Waals surface area contributed by atoms with E-state index in [1.807, 2.05) is 23.6 Å². The van der Waals surface area contributed by atoms with Crippen LogP contribution in [0.2, 0.25) is 0 Å². The van der Waals surface area contributed by atoms with E-state index in [9.17, 15) is 0 Å². The van der Waals surface area contributed by atoms with Crippen LogP contribution in [0.1, 0.15) is 27.3 Å². The minimum Gasteiger partial charge on any atom is -0.378 e. The zero-order chi connectivity index (χ0) is 16.2. The molecule has 0 bridgehead atoms. The number of pyridine rings is 1. The summed E-state index contributed by atoms with van der Waals surface area (Å²) in [5, 5.41) is 0. The quantitative estimate of drug-likeness (QED) is 0.646. The molecule has 23 heavy (non-hydrogen) atoms. The molecule has 0 fully saturated rings. The van der Waals surface area contributed by atoms with Crippen LogP contribution in [-0.4, -0.2) is 12.1 Å². The molecule has 0 aliphatic rings. The van der Waals surface area contributed by atoms with E-state index in [2.05, 4.69) is 55.2 Å². The number of methoxy groups -OCH3 is 1. The Balaban J connectivity index is 1.78. The van der Waals surface area contributed by atoms with E-state index in [1.165, 1.54) is 32.0 Å². The second-order valence-electron chi connectivity index (χ2n) is 5.84. The number of aryl methyl sites for hydroxylation is 2.